The van der Waals surface area contributed by atoms with Gasteiger partial charge in [0.1, 0.15) is 5.75 Å². The van der Waals surface area contributed by atoms with Crippen molar-refractivity contribution in [2.75, 3.05) is 18.9 Å². The lowest BCUT2D eigenvalue weighted by molar-refractivity contribution is 0.102. The third kappa shape index (κ3) is 5.67. The van der Waals surface area contributed by atoms with Crippen LogP contribution in [0.2, 0.25) is 0 Å². The first-order valence-electron chi connectivity index (χ1n) is 9.73. The monoisotopic (exact) mass is 389 g/mol. The van der Waals surface area contributed by atoms with Gasteiger partial charge in [-0.05, 0) is 54.9 Å². The molecule has 0 heterocycles. The maximum absolute atomic E-state index is 12.6. The van der Waals surface area contributed by atoms with Crippen molar-refractivity contribution < 1.29 is 9.90 Å². The smallest absolute Gasteiger partial charge is 0.255 e. The van der Waals surface area contributed by atoms with Crippen LogP contribution in [0.5, 0.6) is 5.75 Å². The van der Waals surface area contributed by atoms with E-state index in [1.807, 2.05) is 55.6 Å². The van der Waals surface area contributed by atoms with E-state index in [4.69, 9.17) is 0 Å². The van der Waals surface area contributed by atoms with E-state index in [1.54, 1.807) is 24.3 Å². The normalized spacial score (nSPS) is 11.8. The van der Waals surface area contributed by atoms with Gasteiger partial charge in [-0.1, -0.05) is 48.5 Å². The highest BCUT2D eigenvalue weighted by Gasteiger charge is 2.11. The lowest BCUT2D eigenvalue weighted by Crippen LogP contribution is -2.34. The van der Waals surface area contributed by atoms with Crippen LogP contribution >= 0.6 is 0 Å². The van der Waals surface area contributed by atoms with Crippen LogP contribution in [0.1, 0.15) is 22.8 Å². The summed E-state index contributed by atoms with van der Waals surface area (Å²) in [7, 11) is 1.93. The first kappa shape index (κ1) is 20.6. The maximum atomic E-state index is 12.6. The number of benzene rings is 3. The van der Waals surface area contributed by atoms with Crippen LogP contribution in [0, 0.1) is 0 Å². The molecule has 1 atom stereocenters. The number of anilines is 1. The summed E-state index contributed by atoms with van der Waals surface area (Å²) < 4.78 is 0. The number of carbonyl (C=O) groups excluding carboxylic acids is 1. The van der Waals surface area contributed by atoms with E-state index in [2.05, 4.69) is 22.9 Å². The predicted octanol–water partition coefficient (Wildman–Crippen LogP) is 4.01. The van der Waals surface area contributed by atoms with Gasteiger partial charge in [-0.25, -0.2) is 0 Å². The van der Waals surface area contributed by atoms with Crippen LogP contribution in [0.3, 0.4) is 0 Å². The van der Waals surface area contributed by atoms with Gasteiger partial charge < -0.3 is 21.1 Å². The molecular formula is C24H27N3O2. The van der Waals surface area contributed by atoms with Gasteiger partial charge >= 0.3 is 0 Å². The highest BCUT2D eigenvalue weighted by Crippen LogP contribution is 2.30. The van der Waals surface area contributed by atoms with Gasteiger partial charge in [0.25, 0.3) is 5.91 Å². The topological polar surface area (TPSA) is 73.4 Å². The summed E-state index contributed by atoms with van der Waals surface area (Å²) in [4.78, 5) is 12.6. The molecule has 0 spiro atoms. The molecular weight excluding hydrogens is 362 g/mol. The Morgan fingerprint density at radius 2 is 1.69 bits per heavy atom. The van der Waals surface area contributed by atoms with E-state index in [0.29, 0.717) is 17.3 Å². The molecule has 0 saturated carbocycles. The summed E-state index contributed by atoms with van der Waals surface area (Å²) in [5.74, 6) is -0.217. The van der Waals surface area contributed by atoms with Crippen LogP contribution in [-0.4, -0.2) is 30.6 Å². The van der Waals surface area contributed by atoms with Gasteiger partial charge in [-0.15, -0.1) is 0 Å². The third-order valence-electron chi connectivity index (χ3n) is 4.73. The first-order valence-corrected chi connectivity index (χ1v) is 9.73. The van der Waals surface area contributed by atoms with Crippen molar-refractivity contribution >= 4 is 11.6 Å². The number of phenolic OH excluding ortho intramolecular Hbond substituents is 1. The van der Waals surface area contributed by atoms with E-state index in [-0.39, 0.29) is 11.7 Å². The fourth-order valence-corrected chi connectivity index (χ4v) is 3.09. The van der Waals surface area contributed by atoms with Crippen molar-refractivity contribution in [1.82, 2.24) is 10.6 Å². The number of carbonyl (C=O) groups is 1. The molecule has 29 heavy (non-hydrogen) atoms. The Hall–Kier alpha value is -3.15. The zero-order valence-electron chi connectivity index (χ0n) is 16.8. The van der Waals surface area contributed by atoms with E-state index in [0.717, 1.165) is 29.8 Å². The zero-order chi connectivity index (χ0) is 20.6. The molecule has 0 saturated heterocycles. The summed E-state index contributed by atoms with van der Waals surface area (Å²) in [5, 5.41) is 19.5. The Morgan fingerprint density at radius 1 is 0.966 bits per heavy atom. The number of likely N-dealkylation sites (N-methyl/N-ethyl adjacent to an activating group) is 1. The quantitative estimate of drug-likeness (QED) is 0.439. The molecule has 150 valence electrons. The van der Waals surface area contributed by atoms with Crippen molar-refractivity contribution in [2.24, 2.45) is 0 Å². The van der Waals surface area contributed by atoms with Crippen molar-refractivity contribution in [3.8, 4) is 16.9 Å². The lowest BCUT2D eigenvalue weighted by atomic mass is 10.0. The molecule has 4 N–H and O–H groups in total. The minimum atomic E-state index is -0.256. The number of rotatable bonds is 8. The highest BCUT2D eigenvalue weighted by molar-refractivity contribution is 6.05. The number of aromatic hydroxyl groups is 1. The zero-order valence-corrected chi connectivity index (χ0v) is 16.8. The Labute approximate surface area is 171 Å². The molecule has 1 amide bonds. The molecule has 3 aromatic carbocycles. The molecule has 5 heteroatoms. The average Bonchev–Trinajstić information content (AvgIpc) is 2.75. The molecule has 3 aromatic rings. The van der Waals surface area contributed by atoms with E-state index >= 15 is 0 Å². The standard InChI is InChI=1S/C24H27N3O2/c1-17(15-25-2)26-16-18-8-10-20(11-9-18)24(29)27-22-14-21(12-13-23(22)28)19-6-4-3-5-7-19/h3-14,17,25-26,28H,15-16H2,1-2H3,(H,27,29). The second kappa shape index (κ2) is 9.87. The summed E-state index contributed by atoms with van der Waals surface area (Å²) in [6.45, 7) is 3.75. The van der Waals surface area contributed by atoms with Crippen LogP contribution < -0.4 is 16.0 Å². The predicted molar refractivity (Wildman–Crippen MR) is 118 cm³/mol. The fourth-order valence-electron chi connectivity index (χ4n) is 3.09. The molecule has 5 nitrogen and oxygen atoms in total. The molecule has 3 rings (SSSR count). The van der Waals surface area contributed by atoms with Crippen molar-refractivity contribution in [3.05, 3.63) is 83.9 Å². The minimum Gasteiger partial charge on any atom is -0.506 e. The second-order valence-electron chi connectivity index (χ2n) is 7.09. The van der Waals surface area contributed by atoms with E-state index in [1.165, 1.54) is 0 Å². The van der Waals surface area contributed by atoms with Crippen LogP contribution in [-0.2, 0) is 6.54 Å². The highest BCUT2D eigenvalue weighted by atomic mass is 16.3. The largest absolute Gasteiger partial charge is 0.506 e. The average molecular weight is 389 g/mol. The summed E-state index contributed by atoms with van der Waals surface area (Å²) in [6.07, 6.45) is 0. The molecule has 0 bridgehead atoms. The minimum absolute atomic E-state index is 0.0392. The third-order valence-corrected chi connectivity index (χ3v) is 4.73. The maximum Gasteiger partial charge on any atom is 0.255 e. The summed E-state index contributed by atoms with van der Waals surface area (Å²) in [6, 6.07) is 22.9. The number of hydrogen-bond acceptors (Lipinski definition) is 4. The summed E-state index contributed by atoms with van der Waals surface area (Å²) in [5.41, 5.74) is 3.99. The van der Waals surface area contributed by atoms with Gasteiger partial charge in [-0.2, -0.15) is 0 Å². The van der Waals surface area contributed by atoms with Crippen molar-refractivity contribution in [3.63, 3.8) is 0 Å². The van der Waals surface area contributed by atoms with Gasteiger partial charge in [0.2, 0.25) is 0 Å². The van der Waals surface area contributed by atoms with Crippen LogP contribution in [0.15, 0.2) is 72.8 Å². The molecule has 0 fully saturated rings. The Kier molecular flexibility index (Phi) is 7.00. The Balaban J connectivity index is 1.67. The SMILES string of the molecule is CNCC(C)NCc1ccc(C(=O)Nc2cc(-c3ccccc3)ccc2O)cc1. The molecule has 0 radical (unpaired) electrons. The summed E-state index contributed by atoms with van der Waals surface area (Å²) >= 11 is 0. The van der Waals surface area contributed by atoms with Crippen LogP contribution in [0.25, 0.3) is 11.1 Å². The van der Waals surface area contributed by atoms with Crippen LogP contribution in [0.4, 0.5) is 5.69 Å². The second-order valence-corrected chi connectivity index (χ2v) is 7.09. The number of hydrogen-bond donors (Lipinski definition) is 4. The number of nitrogens with one attached hydrogen (secondary N) is 3. The van der Waals surface area contributed by atoms with Gasteiger partial charge in [-0.3, -0.25) is 4.79 Å². The van der Waals surface area contributed by atoms with Crippen molar-refractivity contribution in [2.45, 2.75) is 19.5 Å². The number of amides is 1. The molecule has 0 aromatic heterocycles. The van der Waals surface area contributed by atoms with Crippen molar-refractivity contribution in [1.29, 1.82) is 0 Å². The fraction of sp³-hybridized carbons (Fsp3) is 0.208. The van der Waals surface area contributed by atoms with Gasteiger partial charge in [0, 0.05) is 24.7 Å². The van der Waals surface area contributed by atoms with Gasteiger partial charge in [0.15, 0.2) is 0 Å². The van der Waals surface area contributed by atoms with E-state index < -0.39 is 0 Å². The van der Waals surface area contributed by atoms with E-state index in [9.17, 15) is 9.90 Å². The van der Waals surface area contributed by atoms with Gasteiger partial charge in [0.05, 0.1) is 5.69 Å². The Bertz CT molecular complexity index is 940. The number of phenols is 1. The lowest BCUT2D eigenvalue weighted by Gasteiger charge is -2.13. The first-order chi connectivity index (χ1) is 14.1. The molecule has 1 unspecified atom stereocenters. The Morgan fingerprint density at radius 3 is 2.38 bits per heavy atom. The molecule has 0 aliphatic rings. The molecule has 0 aliphatic heterocycles. The molecule has 0 aliphatic carbocycles.